The Kier molecular flexibility index (Phi) is 8.54. The molecule has 0 saturated heterocycles. The van der Waals surface area contributed by atoms with Crippen LogP contribution in [0, 0.1) is 17.2 Å². The third-order valence-corrected chi connectivity index (χ3v) is 12.1. The number of fused-ring (bicyclic) bond motifs is 4. The fraction of sp³-hybridized carbons (Fsp3) is 0.111. The van der Waals surface area contributed by atoms with Gasteiger partial charge in [-0.15, -0.1) is 0 Å². The van der Waals surface area contributed by atoms with Crippen LogP contribution in [0.5, 0.6) is 0 Å². The van der Waals surface area contributed by atoms with Gasteiger partial charge in [0.05, 0.1) is 11.6 Å². The molecule has 0 aliphatic heterocycles. The summed E-state index contributed by atoms with van der Waals surface area (Å²) < 4.78 is 0. The van der Waals surface area contributed by atoms with Crippen molar-refractivity contribution in [3.8, 4) is 62.5 Å². The number of hydrogen-bond acceptors (Lipinski definition) is 4. The molecule has 0 N–H and O–H groups in total. The van der Waals surface area contributed by atoms with Crippen molar-refractivity contribution in [2.24, 2.45) is 5.92 Å². The van der Waals surface area contributed by atoms with Gasteiger partial charge >= 0.3 is 0 Å². The molecule has 276 valence electrons. The normalized spacial score (nSPS) is 16.1. The van der Waals surface area contributed by atoms with Gasteiger partial charge in [0, 0.05) is 28.0 Å². The molecular weight excluding hydrogens is 705 g/mol. The summed E-state index contributed by atoms with van der Waals surface area (Å²) in [4.78, 5) is 14.8. The SMILES string of the molecule is CC1C=C(c2cc(C#N)cc(-c3ccc4c(c3)C(C)(C)c3ccccc3-4)c2)c2ccccc2C1c1ccc(-c2nc(-c3ccccc3)nc(-c3ccccc3)n2)cc1. The number of rotatable bonds is 6. The van der Waals surface area contributed by atoms with Gasteiger partial charge in [0.25, 0.3) is 0 Å². The van der Waals surface area contributed by atoms with Gasteiger partial charge in [0.1, 0.15) is 0 Å². The van der Waals surface area contributed by atoms with Crippen LogP contribution in [-0.4, -0.2) is 15.0 Å². The first-order valence-electron chi connectivity index (χ1n) is 19.9. The quantitative estimate of drug-likeness (QED) is 0.170. The summed E-state index contributed by atoms with van der Waals surface area (Å²) in [7, 11) is 0. The molecule has 2 unspecified atom stereocenters. The van der Waals surface area contributed by atoms with E-state index in [9.17, 15) is 5.26 Å². The van der Waals surface area contributed by atoms with E-state index in [2.05, 4.69) is 130 Å². The summed E-state index contributed by atoms with van der Waals surface area (Å²) in [5.74, 6) is 2.27. The van der Waals surface area contributed by atoms with Gasteiger partial charge in [-0.25, -0.2) is 15.0 Å². The van der Waals surface area contributed by atoms with E-state index < -0.39 is 0 Å². The second-order valence-electron chi connectivity index (χ2n) is 16.0. The zero-order valence-corrected chi connectivity index (χ0v) is 32.7. The molecule has 0 spiro atoms. The van der Waals surface area contributed by atoms with Crippen LogP contribution in [0.4, 0.5) is 0 Å². The number of benzene rings is 7. The molecule has 0 saturated carbocycles. The molecule has 7 aromatic carbocycles. The Bertz CT molecular complexity index is 2880. The number of aromatic nitrogens is 3. The molecule has 2 atom stereocenters. The van der Waals surface area contributed by atoms with Crippen molar-refractivity contribution in [2.45, 2.75) is 32.1 Å². The van der Waals surface area contributed by atoms with Crippen molar-refractivity contribution in [3.63, 3.8) is 0 Å². The van der Waals surface area contributed by atoms with E-state index in [0.29, 0.717) is 23.0 Å². The summed E-state index contributed by atoms with van der Waals surface area (Å²) in [5.41, 5.74) is 16.8. The topological polar surface area (TPSA) is 62.5 Å². The summed E-state index contributed by atoms with van der Waals surface area (Å²) in [6, 6.07) is 62.0. The van der Waals surface area contributed by atoms with Gasteiger partial charge < -0.3 is 0 Å². The lowest BCUT2D eigenvalue weighted by Gasteiger charge is -2.31. The van der Waals surface area contributed by atoms with Crippen LogP contribution in [0.1, 0.15) is 65.6 Å². The second kappa shape index (κ2) is 14.1. The molecule has 8 aromatic rings. The molecule has 10 rings (SSSR count). The molecule has 2 aliphatic carbocycles. The Morgan fingerprint density at radius 3 is 1.67 bits per heavy atom. The fourth-order valence-electron chi connectivity index (χ4n) is 9.16. The first kappa shape index (κ1) is 35.2. The van der Waals surface area contributed by atoms with E-state index in [0.717, 1.165) is 39.0 Å². The predicted molar refractivity (Wildman–Crippen MR) is 235 cm³/mol. The lowest BCUT2D eigenvalue weighted by Crippen LogP contribution is -2.17. The molecule has 58 heavy (non-hydrogen) atoms. The highest BCUT2D eigenvalue weighted by Crippen LogP contribution is 2.50. The average molecular weight is 745 g/mol. The highest BCUT2D eigenvalue weighted by molar-refractivity contribution is 5.88. The third-order valence-electron chi connectivity index (χ3n) is 12.1. The van der Waals surface area contributed by atoms with Gasteiger partial charge in [0.15, 0.2) is 17.5 Å². The van der Waals surface area contributed by atoms with E-state index in [-0.39, 0.29) is 17.3 Å². The molecule has 0 fully saturated rings. The maximum absolute atomic E-state index is 10.3. The van der Waals surface area contributed by atoms with E-state index >= 15 is 0 Å². The van der Waals surface area contributed by atoms with Crippen LogP contribution < -0.4 is 0 Å². The van der Waals surface area contributed by atoms with Gasteiger partial charge in [-0.3, -0.25) is 0 Å². The van der Waals surface area contributed by atoms with Gasteiger partial charge in [-0.05, 0) is 91.4 Å². The average Bonchev–Trinajstić information content (AvgIpc) is 3.51. The smallest absolute Gasteiger partial charge is 0.164 e. The second-order valence-corrected chi connectivity index (χ2v) is 16.0. The lowest BCUT2D eigenvalue weighted by atomic mass is 9.72. The summed E-state index contributed by atoms with van der Waals surface area (Å²) in [6.45, 7) is 6.92. The molecule has 0 bridgehead atoms. The highest BCUT2D eigenvalue weighted by atomic mass is 15.0. The fourth-order valence-corrected chi connectivity index (χ4v) is 9.16. The number of nitriles is 1. The van der Waals surface area contributed by atoms with Gasteiger partial charge in [0.2, 0.25) is 0 Å². The predicted octanol–water partition coefficient (Wildman–Crippen LogP) is 12.9. The molecule has 1 heterocycles. The standard InChI is InChI=1S/C54H40N4/c1-34-28-47(42-30-35(33-55)29-41(31-42)40-26-27-45-44-19-12-13-21-48(44)54(2,3)49(45)32-40)43-18-10-11-20-46(43)50(34)36-22-24-39(25-23-36)53-57-51(37-14-6-4-7-15-37)56-52(58-53)38-16-8-5-9-17-38/h4-32,34,50H,1-3H3. The minimum absolute atomic E-state index is 0.105. The Morgan fingerprint density at radius 2 is 1.02 bits per heavy atom. The van der Waals surface area contributed by atoms with Crippen molar-refractivity contribution in [1.82, 2.24) is 15.0 Å². The summed E-state index contributed by atoms with van der Waals surface area (Å²) >= 11 is 0. The van der Waals surface area contributed by atoms with Crippen molar-refractivity contribution >= 4 is 5.57 Å². The van der Waals surface area contributed by atoms with Crippen molar-refractivity contribution < 1.29 is 0 Å². The van der Waals surface area contributed by atoms with Gasteiger partial charge in [-0.1, -0.05) is 172 Å². The first-order chi connectivity index (χ1) is 28.4. The summed E-state index contributed by atoms with van der Waals surface area (Å²) in [6.07, 6.45) is 2.40. The maximum atomic E-state index is 10.3. The molecule has 0 amide bonds. The van der Waals surface area contributed by atoms with E-state index in [1.165, 1.54) is 38.9 Å². The molecule has 4 heteroatoms. The maximum Gasteiger partial charge on any atom is 0.164 e. The third kappa shape index (κ3) is 6.04. The highest BCUT2D eigenvalue weighted by Gasteiger charge is 2.35. The zero-order valence-electron chi connectivity index (χ0n) is 32.7. The van der Waals surface area contributed by atoms with Crippen LogP contribution in [0.3, 0.4) is 0 Å². The Labute approximate surface area is 339 Å². The van der Waals surface area contributed by atoms with Crippen LogP contribution >= 0.6 is 0 Å². The molecule has 1 aromatic heterocycles. The van der Waals surface area contributed by atoms with E-state index in [4.69, 9.17) is 15.0 Å². The largest absolute Gasteiger partial charge is 0.208 e. The molecule has 2 aliphatic rings. The van der Waals surface area contributed by atoms with Crippen molar-refractivity contribution in [2.75, 3.05) is 0 Å². The molecular formula is C54H40N4. The van der Waals surface area contributed by atoms with Crippen LogP contribution in [0.25, 0.3) is 62.0 Å². The number of hydrogen-bond donors (Lipinski definition) is 0. The van der Waals surface area contributed by atoms with E-state index in [1.807, 2.05) is 72.8 Å². The molecule has 4 nitrogen and oxygen atoms in total. The van der Waals surface area contributed by atoms with Crippen molar-refractivity contribution in [3.05, 3.63) is 215 Å². The number of allylic oxidation sites excluding steroid dienone is 1. The first-order valence-corrected chi connectivity index (χ1v) is 19.9. The van der Waals surface area contributed by atoms with Crippen molar-refractivity contribution in [1.29, 1.82) is 5.26 Å². The van der Waals surface area contributed by atoms with E-state index in [1.54, 1.807) is 0 Å². The Balaban J connectivity index is 1.00. The monoisotopic (exact) mass is 744 g/mol. The minimum Gasteiger partial charge on any atom is -0.208 e. The van der Waals surface area contributed by atoms with Crippen LogP contribution in [-0.2, 0) is 5.41 Å². The zero-order chi connectivity index (χ0) is 39.4. The minimum atomic E-state index is -0.105. The van der Waals surface area contributed by atoms with Crippen LogP contribution in [0.2, 0.25) is 0 Å². The number of nitrogens with zero attached hydrogens (tertiary/aromatic N) is 4. The Morgan fingerprint density at radius 1 is 0.483 bits per heavy atom. The lowest BCUT2D eigenvalue weighted by molar-refractivity contribution is 0.616. The van der Waals surface area contributed by atoms with Crippen LogP contribution in [0.15, 0.2) is 176 Å². The molecule has 0 radical (unpaired) electrons. The summed E-state index contributed by atoms with van der Waals surface area (Å²) in [5, 5.41) is 10.3. The van der Waals surface area contributed by atoms with Gasteiger partial charge in [-0.2, -0.15) is 5.26 Å². The Hall–Kier alpha value is -7.22.